The van der Waals surface area contributed by atoms with Gasteiger partial charge >= 0.3 is 0 Å². The molecule has 0 unspecified atom stereocenters. The first kappa shape index (κ1) is 21.9. The Morgan fingerprint density at radius 1 is 1.00 bits per heavy atom. The first-order valence-electron chi connectivity index (χ1n) is 9.65. The number of methoxy groups -OCH3 is 1. The number of hydrogen-bond acceptors (Lipinski definition) is 6. The van der Waals surface area contributed by atoms with Crippen LogP contribution >= 0.6 is 11.8 Å². The van der Waals surface area contributed by atoms with Crippen molar-refractivity contribution in [3.8, 4) is 11.5 Å². The van der Waals surface area contributed by atoms with E-state index in [9.17, 15) is 14.7 Å². The number of aliphatic hydroxyl groups excluding tert-OH is 1. The quantitative estimate of drug-likeness (QED) is 0.620. The predicted octanol–water partition coefficient (Wildman–Crippen LogP) is 3.20. The van der Waals surface area contributed by atoms with Gasteiger partial charge in [0.1, 0.15) is 18.1 Å². The first-order valence-corrected chi connectivity index (χ1v) is 10.6. The van der Waals surface area contributed by atoms with E-state index in [0.29, 0.717) is 22.0 Å². The Hall–Kier alpha value is -2.77. The number of hydrogen-bond donors (Lipinski definition) is 1. The van der Waals surface area contributed by atoms with E-state index in [1.54, 1.807) is 31.4 Å². The van der Waals surface area contributed by atoms with Gasteiger partial charge in [0.2, 0.25) is 0 Å². The van der Waals surface area contributed by atoms with Crippen LogP contribution in [0.5, 0.6) is 11.5 Å². The van der Waals surface area contributed by atoms with Crippen LogP contribution in [0.2, 0.25) is 0 Å². The molecule has 7 heteroatoms. The van der Waals surface area contributed by atoms with Crippen LogP contribution in [0.4, 0.5) is 0 Å². The molecule has 2 amide bonds. The summed E-state index contributed by atoms with van der Waals surface area (Å²) in [4.78, 5) is 27.7. The fourth-order valence-corrected chi connectivity index (χ4v) is 4.17. The zero-order valence-corrected chi connectivity index (χ0v) is 18.1. The van der Waals surface area contributed by atoms with E-state index in [1.165, 1.54) is 16.7 Å². The van der Waals surface area contributed by atoms with Gasteiger partial charge in [0.15, 0.2) is 0 Å². The molecule has 1 heterocycles. The number of imide groups is 1. The summed E-state index contributed by atoms with van der Waals surface area (Å²) in [5, 5.41) is 9.22. The topological polar surface area (TPSA) is 76.1 Å². The van der Waals surface area contributed by atoms with Gasteiger partial charge in [0.25, 0.3) is 11.8 Å². The van der Waals surface area contributed by atoms with Crippen LogP contribution in [0.25, 0.3) is 5.57 Å². The van der Waals surface area contributed by atoms with Crippen molar-refractivity contribution in [3.05, 3.63) is 64.1 Å². The highest BCUT2D eigenvalue weighted by Gasteiger charge is 2.39. The summed E-state index contributed by atoms with van der Waals surface area (Å²) in [6.07, 6.45) is 0. The number of thioether (sulfide) groups is 1. The molecule has 158 valence electrons. The van der Waals surface area contributed by atoms with Crippen LogP contribution in [-0.4, -0.2) is 54.4 Å². The van der Waals surface area contributed by atoms with Crippen LogP contribution in [0, 0.1) is 13.8 Å². The Bertz CT molecular complexity index is 968. The summed E-state index contributed by atoms with van der Waals surface area (Å²) in [7, 11) is 1.59. The molecule has 0 saturated heterocycles. The average Bonchev–Trinajstić information content (AvgIpc) is 2.97. The second kappa shape index (κ2) is 9.82. The Morgan fingerprint density at radius 2 is 1.70 bits per heavy atom. The van der Waals surface area contributed by atoms with Crippen LogP contribution in [0.1, 0.15) is 16.7 Å². The van der Waals surface area contributed by atoms with E-state index in [2.05, 4.69) is 0 Å². The lowest BCUT2D eigenvalue weighted by Crippen LogP contribution is -2.35. The van der Waals surface area contributed by atoms with E-state index in [1.807, 2.05) is 32.0 Å². The molecule has 3 rings (SSSR count). The number of nitrogens with zero attached hydrogens (tertiary/aromatic N) is 1. The summed E-state index contributed by atoms with van der Waals surface area (Å²) in [5.41, 5.74) is 3.17. The zero-order valence-electron chi connectivity index (χ0n) is 17.3. The van der Waals surface area contributed by atoms with Crippen LogP contribution in [-0.2, 0) is 9.59 Å². The summed E-state index contributed by atoms with van der Waals surface area (Å²) in [5.74, 6) is 1.03. The molecule has 2 aromatic carbocycles. The second-order valence-electron chi connectivity index (χ2n) is 6.88. The molecular weight excluding hydrogens is 402 g/mol. The molecule has 2 aromatic rings. The molecule has 1 aliphatic rings. The number of aliphatic hydroxyl groups is 1. The number of amides is 2. The largest absolute Gasteiger partial charge is 0.497 e. The summed E-state index contributed by atoms with van der Waals surface area (Å²) in [6, 6.07) is 12.9. The van der Waals surface area contributed by atoms with Crippen molar-refractivity contribution in [2.75, 3.05) is 32.6 Å². The Kier molecular flexibility index (Phi) is 7.18. The Morgan fingerprint density at radius 3 is 2.33 bits per heavy atom. The third-order valence-corrected chi connectivity index (χ3v) is 5.81. The molecule has 0 bridgehead atoms. The van der Waals surface area contributed by atoms with Gasteiger partial charge in [-0.15, -0.1) is 11.8 Å². The number of ether oxygens (including phenoxy) is 2. The highest BCUT2D eigenvalue weighted by molar-refractivity contribution is 8.04. The lowest BCUT2D eigenvalue weighted by Gasteiger charge is -2.16. The van der Waals surface area contributed by atoms with Crippen molar-refractivity contribution in [2.45, 2.75) is 13.8 Å². The van der Waals surface area contributed by atoms with Crippen molar-refractivity contribution in [3.63, 3.8) is 0 Å². The standard InChI is InChI=1S/C23H25NO5S/c1-15-4-9-19(16(2)14-15)20-21(30-13-11-25)23(27)24(22(20)26)10-12-29-18-7-5-17(28-3)6-8-18/h4-9,14,25H,10-13H2,1-3H3. The van der Waals surface area contributed by atoms with Crippen molar-refractivity contribution in [2.24, 2.45) is 0 Å². The van der Waals surface area contributed by atoms with Crippen molar-refractivity contribution < 1.29 is 24.2 Å². The van der Waals surface area contributed by atoms with Gasteiger partial charge in [-0.25, -0.2) is 0 Å². The lowest BCUT2D eigenvalue weighted by molar-refractivity contribution is -0.136. The molecule has 30 heavy (non-hydrogen) atoms. The number of carbonyl (C=O) groups excluding carboxylic acids is 2. The SMILES string of the molecule is COc1ccc(OCCN2C(=O)C(SCCO)=C(c3ccc(C)cc3C)C2=O)cc1. The summed E-state index contributed by atoms with van der Waals surface area (Å²) >= 11 is 1.21. The maximum absolute atomic E-state index is 13.2. The van der Waals surface area contributed by atoms with Crippen molar-refractivity contribution in [1.82, 2.24) is 4.90 Å². The molecule has 0 aliphatic carbocycles. The van der Waals surface area contributed by atoms with Crippen LogP contribution < -0.4 is 9.47 Å². The van der Waals surface area contributed by atoms with Gasteiger partial charge < -0.3 is 14.6 Å². The minimum absolute atomic E-state index is 0.0730. The van der Waals surface area contributed by atoms with Gasteiger partial charge in [-0.2, -0.15) is 0 Å². The van der Waals surface area contributed by atoms with E-state index < -0.39 is 0 Å². The van der Waals surface area contributed by atoms with Gasteiger partial charge in [-0.05, 0) is 49.2 Å². The smallest absolute Gasteiger partial charge is 0.268 e. The third kappa shape index (κ3) is 4.68. The average molecular weight is 428 g/mol. The molecule has 0 saturated carbocycles. The molecule has 0 atom stereocenters. The minimum Gasteiger partial charge on any atom is -0.497 e. The minimum atomic E-state index is -0.341. The zero-order chi connectivity index (χ0) is 21.7. The van der Waals surface area contributed by atoms with E-state index >= 15 is 0 Å². The fourth-order valence-electron chi connectivity index (χ4n) is 3.30. The van der Waals surface area contributed by atoms with Gasteiger partial charge in [-0.1, -0.05) is 23.8 Å². The normalized spacial score (nSPS) is 13.9. The van der Waals surface area contributed by atoms with Crippen molar-refractivity contribution in [1.29, 1.82) is 0 Å². The predicted molar refractivity (Wildman–Crippen MR) is 118 cm³/mol. The van der Waals surface area contributed by atoms with E-state index in [4.69, 9.17) is 9.47 Å². The third-order valence-electron chi connectivity index (χ3n) is 4.76. The fraction of sp³-hybridized carbons (Fsp3) is 0.304. The summed E-state index contributed by atoms with van der Waals surface area (Å²) in [6.45, 7) is 4.16. The molecular formula is C23H25NO5S. The molecule has 0 fully saturated rings. The molecule has 6 nitrogen and oxygen atoms in total. The van der Waals surface area contributed by atoms with Gasteiger partial charge in [0.05, 0.1) is 30.7 Å². The highest BCUT2D eigenvalue weighted by Crippen LogP contribution is 2.37. The molecule has 0 aromatic heterocycles. The number of rotatable bonds is 9. The van der Waals surface area contributed by atoms with Gasteiger partial charge in [0, 0.05) is 5.75 Å². The highest BCUT2D eigenvalue weighted by atomic mass is 32.2. The maximum Gasteiger partial charge on any atom is 0.268 e. The Balaban J connectivity index is 1.77. The Labute approximate surface area is 180 Å². The molecule has 0 radical (unpaired) electrons. The number of carbonyl (C=O) groups is 2. The van der Waals surface area contributed by atoms with Crippen LogP contribution in [0.3, 0.4) is 0 Å². The van der Waals surface area contributed by atoms with E-state index in [0.717, 1.165) is 22.4 Å². The molecule has 1 N–H and O–H groups in total. The lowest BCUT2D eigenvalue weighted by atomic mass is 9.99. The van der Waals surface area contributed by atoms with Crippen LogP contribution in [0.15, 0.2) is 47.4 Å². The molecule has 0 spiro atoms. The second-order valence-corrected chi connectivity index (χ2v) is 7.99. The molecule has 1 aliphatic heterocycles. The first-order chi connectivity index (χ1) is 14.5. The number of benzene rings is 2. The van der Waals surface area contributed by atoms with Gasteiger partial charge in [-0.3, -0.25) is 14.5 Å². The summed E-state index contributed by atoms with van der Waals surface area (Å²) < 4.78 is 10.8. The monoisotopic (exact) mass is 427 g/mol. The number of aryl methyl sites for hydroxylation is 2. The van der Waals surface area contributed by atoms with E-state index in [-0.39, 0.29) is 31.6 Å². The van der Waals surface area contributed by atoms with Crippen molar-refractivity contribution >= 4 is 29.1 Å². The maximum atomic E-state index is 13.2.